The fourth-order valence-electron chi connectivity index (χ4n) is 3.64. The third-order valence-electron chi connectivity index (χ3n) is 5.11. The summed E-state index contributed by atoms with van der Waals surface area (Å²) in [4.78, 5) is 44.6. The molecule has 0 unspecified atom stereocenters. The molecule has 33 heavy (non-hydrogen) atoms. The lowest BCUT2D eigenvalue weighted by molar-refractivity contribution is -0.132. The normalized spacial score (nSPS) is 17.4. The summed E-state index contributed by atoms with van der Waals surface area (Å²) in [5.74, 6) is -2.48. The number of ketones is 1. The minimum Gasteiger partial charge on any atom is -0.507 e. The van der Waals surface area contributed by atoms with Gasteiger partial charge in [0, 0.05) is 10.0 Å². The minimum atomic E-state index is -0.927. The van der Waals surface area contributed by atoms with Crippen molar-refractivity contribution in [2.45, 2.75) is 19.9 Å². The average molecular weight is 527 g/mol. The van der Waals surface area contributed by atoms with Gasteiger partial charge in [0.1, 0.15) is 10.6 Å². The molecule has 1 aliphatic heterocycles. The Hall–Kier alpha value is -3.30. The van der Waals surface area contributed by atoms with Crippen LogP contribution in [-0.2, 0) is 14.3 Å². The zero-order valence-corrected chi connectivity index (χ0v) is 20.1. The molecular weight excluding hydrogens is 508 g/mol. The van der Waals surface area contributed by atoms with E-state index in [0.29, 0.717) is 16.8 Å². The van der Waals surface area contributed by atoms with E-state index in [-0.39, 0.29) is 27.9 Å². The van der Waals surface area contributed by atoms with Crippen molar-refractivity contribution in [2.75, 3.05) is 11.5 Å². The number of ether oxygens (including phenoxy) is 1. The molecule has 1 aromatic heterocycles. The van der Waals surface area contributed by atoms with Crippen LogP contribution < -0.4 is 4.90 Å². The molecule has 0 saturated carbocycles. The fraction of sp³-hybridized carbons (Fsp3) is 0.167. The summed E-state index contributed by atoms with van der Waals surface area (Å²) < 4.78 is 5.83. The summed E-state index contributed by atoms with van der Waals surface area (Å²) in [6, 6.07) is 14.8. The third-order valence-corrected chi connectivity index (χ3v) is 6.74. The lowest BCUT2D eigenvalue weighted by atomic mass is 9.95. The number of Topliss-reactive ketones (excluding diaryl/α,β-unsaturated/α-hetero) is 1. The lowest BCUT2D eigenvalue weighted by Crippen LogP contribution is -2.29. The highest BCUT2D eigenvalue weighted by Crippen LogP contribution is 2.44. The number of hydrogen-bond acceptors (Lipinski definition) is 7. The van der Waals surface area contributed by atoms with Crippen molar-refractivity contribution >= 4 is 55.8 Å². The molecule has 2 heterocycles. The van der Waals surface area contributed by atoms with Crippen molar-refractivity contribution in [3.05, 3.63) is 86.3 Å². The van der Waals surface area contributed by atoms with E-state index < -0.39 is 23.7 Å². The number of halogens is 1. The number of rotatable bonds is 5. The Labute approximate surface area is 202 Å². The second-order valence-corrected chi connectivity index (χ2v) is 9.11. The highest BCUT2D eigenvalue weighted by molar-refractivity contribution is 9.10. The van der Waals surface area contributed by atoms with E-state index in [1.54, 1.807) is 62.4 Å². The molecule has 7 nitrogen and oxygen atoms in total. The van der Waals surface area contributed by atoms with Gasteiger partial charge in [0.05, 0.1) is 23.9 Å². The highest BCUT2D eigenvalue weighted by Gasteiger charge is 2.48. The summed E-state index contributed by atoms with van der Waals surface area (Å²) in [5, 5.41) is 11.2. The van der Waals surface area contributed by atoms with Crippen LogP contribution in [0.1, 0.15) is 39.5 Å². The van der Waals surface area contributed by atoms with Crippen LogP contribution in [0.4, 0.5) is 5.13 Å². The van der Waals surface area contributed by atoms with Gasteiger partial charge in [0.25, 0.3) is 5.78 Å². The van der Waals surface area contributed by atoms with Crippen molar-refractivity contribution in [1.29, 1.82) is 0 Å². The van der Waals surface area contributed by atoms with Gasteiger partial charge in [-0.05, 0) is 31.5 Å². The second-order valence-electron chi connectivity index (χ2n) is 7.22. The molecule has 1 amide bonds. The van der Waals surface area contributed by atoms with Gasteiger partial charge in [0.2, 0.25) is 0 Å². The number of hydrogen-bond donors (Lipinski definition) is 1. The van der Waals surface area contributed by atoms with Crippen molar-refractivity contribution < 1.29 is 24.2 Å². The number of aromatic nitrogens is 1. The van der Waals surface area contributed by atoms with Crippen LogP contribution in [0, 0.1) is 6.92 Å². The number of esters is 1. The predicted octanol–water partition coefficient (Wildman–Crippen LogP) is 5.02. The predicted molar refractivity (Wildman–Crippen MR) is 128 cm³/mol. The summed E-state index contributed by atoms with van der Waals surface area (Å²) in [5.41, 5.74) is 1.37. The molecule has 4 rings (SSSR count). The molecular formula is C24H19BrN2O5S. The monoisotopic (exact) mass is 526 g/mol. The Morgan fingerprint density at radius 2 is 1.91 bits per heavy atom. The van der Waals surface area contributed by atoms with E-state index in [2.05, 4.69) is 20.9 Å². The van der Waals surface area contributed by atoms with E-state index in [9.17, 15) is 19.5 Å². The smallest absolute Gasteiger partial charge is 0.350 e. The Morgan fingerprint density at radius 1 is 1.18 bits per heavy atom. The standard InChI is InChI=1S/C24H19BrN2O5S/c1-3-32-23(31)21-13(2)26-24(33-21)27-18(15-10-7-11-16(25)12-15)17(20(29)22(27)30)19(28)14-8-5-4-6-9-14/h4-12,18,28H,3H2,1-2H3/b19-17+/t18-/m1/s1. The summed E-state index contributed by atoms with van der Waals surface area (Å²) in [6.45, 7) is 3.54. The molecule has 9 heteroatoms. The maximum atomic E-state index is 13.2. The Kier molecular flexibility index (Phi) is 6.44. The fourth-order valence-corrected chi connectivity index (χ4v) is 5.05. The van der Waals surface area contributed by atoms with E-state index in [4.69, 9.17) is 4.74 Å². The molecule has 0 spiro atoms. The van der Waals surface area contributed by atoms with Crippen molar-refractivity contribution in [3.8, 4) is 0 Å². The van der Waals surface area contributed by atoms with Crippen molar-refractivity contribution in [2.24, 2.45) is 0 Å². The van der Waals surface area contributed by atoms with E-state index in [0.717, 1.165) is 15.8 Å². The quantitative estimate of drug-likeness (QED) is 0.217. The summed E-state index contributed by atoms with van der Waals surface area (Å²) >= 11 is 4.40. The van der Waals surface area contributed by atoms with Crippen molar-refractivity contribution in [1.82, 2.24) is 4.98 Å². The largest absolute Gasteiger partial charge is 0.507 e. The Morgan fingerprint density at radius 3 is 2.58 bits per heavy atom. The first-order valence-corrected chi connectivity index (χ1v) is 11.7. The molecule has 1 saturated heterocycles. The lowest BCUT2D eigenvalue weighted by Gasteiger charge is -2.23. The van der Waals surface area contributed by atoms with Crippen LogP contribution in [-0.4, -0.2) is 34.4 Å². The van der Waals surface area contributed by atoms with Gasteiger partial charge in [-0.2, -0.15) is 0 Å². The molecule has 0 radical (unpaired) electrons. The van der Waals surface area contributed by atoms with Gasteiger partial charge < -0.3 is 9.84 Å². The number of carbonyl (C=O) groups excluding carboxylic acids is 3. The molecule has 1 aliphatic rings. The van der Waals surface area contributed by atoms with Crippen LogP contribution in [0.15, 0.2) is 64.6 Å². The number of aliphatic hydroxyl groups is 1. The first-order chi connectivity index (χ1) is 15.8. The zero-order chi connectivity index (χ0) is 23.7. The number of amides is 1. The van der Waals surface area contributed by atoms with E-state index in [1.165, 1.54) is 4.90 Å². The molecule has 1 fully saturated rings. The maximum Gasteiger partial charge on any atom is 0.350 e. The van der Waals surface area contributed by atoms with Gasteiger partial charge >= 0.3 is 11.9 Å². The highest BCUT2D eigenvalue weighted by atomic mass is 79.9. The molecule has 0 bridgehead atoms. The first-order valence-electron chi connectivity index (χ1n) is 10.1. The zero-order valence-electron chi connectivity index (χ0n) is 17.7. The Balaban J connectivity index is 1.92. The number of aliphatic hydroxyl groups excluding tert-OH is 1. The minimum absolute atomic E-state index is 0.0464. The number of anilines is 1. The molecule has 1 atom stereocenters. The van der Waals surface area contributed by atoms with Crippen LogP contribution in [0.3, 0.4) is 0 Å². The second kappa shape index (κ2) is 9.29. The molecule has 1 N–H and O–H groups in total. The van der Waals surface area contributed by atoms with E-state index in [1.807, 2.05) is 6.07 Å². The molecule has 168 valence electrons. The van der Waals surface area contributed by atoms with Gasteiger partial charge in [-0.15, -0.1) is 0 Å². The van der Waals surface area contributed by atoms with Crippen LogP contribution in [0.25, 0.3) is 5.76 Å². The number of thiazole rings is 1. The van der Waals surface area contributed by atoms with Gasteiger partial charge in [-0.25, -0.2) is 9.78 Å². The molecule has 2 aromatic carbocycles. The van der Waals surface area contributed by atoms with Crippen LogP contribution in [0.5, 0.6) is 0 Å². The molecule has 0 aliphatic carbocycles. The van der Waals surface area contributed by atoms with Gasteiger partial charge in [-0.3, -0.25) is 14.5 Å². The first kappa shape index (κ1) is 22.9. The number of nitrogens with zero attached hydrogens (tertiary/aromatic N) is 2. The van der Waals surface area contributed by atoms with Crippen LogP contribution >= 0.6 is 27.3 Å². The van der Waals surface area contributed by atoms with Crippen molar-refractivity contribution in [3.63, 3.8) is 0 Å². The summed E-state index contributed by atoms with van der Waals surface area (Å²) in [7, 11) is 0. The average Bonchev–Trinajstić information content (AvgIpc) is 3.31. The van der Waals surface area contributed by atoms with Crippen LogP contribution in [0.2, 0.25) is 0 Å². The number of aryl methyl sites for hydroxylation is 1. The number of carbonyl (C=O) groups is 3. The third kappa shape index (κ3) is 4.21. The van der Waals surface area contributed by atoms with Gasteiger partial charge in [-0.1, -0.05) is 69.7 Å². The number of benzene rings is 2. The maximum absolute atomic E-state index is 13.2. The molecule has 3 aromatic rings. The Bertz CT molecular complexity index is 1290. The SMILES string of the molecule is CCOC(=O)c1sc(N2C(=O)C(=O)/C(=C(/O)c3ccccc3)[C@H]2c2cccc(Br)c2)nc1C. The van der Waals surface area contributed by atoms with E-state index >= 15 is 0 Å². The summed E-state index contributed by atoms with van der Waals surface area (Å²) in [6.07, 6.45) is 0. The van der Waals surface area contributed by atoms with Gasteiger partial charge in [0.15, 0.2) is 5.13 Å². The topological polar surface area (TPSA) is 96.8 Å².